The van der Waals surface area contributed by atoms with Gasteiger partial charge in [-0.1, -0.05) is 18.2 Å². The molecule has 0 bridgehead atoms. The first-order valence-corrected chi connectivity index (χ1v) is 8.35. The van der Waals surface area contributed by atoms with E-state index in [4.69, 9.17) is 0 Å². The van der Waals surface area contributed by atoms with Crippen LogP contribution in [-0.4, -0.2) is 33.5 Å². The Morgan fingerprint density at radius 3 is 2.65 bits per heavy atom. The van der Waals surface area contributed by atoms with Crippen molar-refractivity contribution in [2.45, 2.75) is 13.3 Å². The zero-order valence-corrected chi connectivity index (χ0v) is 14.4. The van der Waals surface area contributed by atoms with Crippen LogP contribution in [0.2, 0.25) is 0 Å². The number of halogens is 1. The van der Waals surface area contributed by atoms with Crippen LogP contribution < -0.4 is 10.6 Å². The van der Waals surface area contributed by atoms with E-state index in [1.165, 1.54) is 6.07 Å². The first-order chi connectivity index (χ1) is 12.6. The van der Waals surface area contributed by atoms with Gasteiger partial charge in [-0.25, -0.2) is 14.4 Å². The number of anilines is 1. The summed E-state index contributed by atoms with van der Waals surface area (Å²) in [7, 11) is 0. The fourth-order valence-corrected chi connectivity index (χ4v) is 2.53. The molecule has 1 amide bonds. The highest BCUT2D eigenvalue weighted by Crippen LogP contribution is 2.11. The van der Waals surface area contributed by atoms with Crippen LogP contribution in [-0.2, 0) is 11.2 Å². The number of aryl methyl sites for hydroxylation is 1. The van der Waals surface area contributed by atoms with E-state index in [-0.39, 0.29) is 18.1 Å². The summed E-state index contributed by atoms with van der Waals surface area (Å²) >= 11 is 0. The van der Waals surface area contributed by atoms with Gasteiger partial charge in [-0.3, -0.25) is 4.79 Å². The van der Waals surface area contributed by atoms with Crippen molar-refractivity contribution in [2.75, 3.05) is 18.4 Å². The number of benzene rings is 1. The molecule has 3 rings (SSSR count). The lowest BCUT2D eigenvalue weighted by atomic mass is 10.1. The van der Waals surface area contributed by atoms with Gasteiger partial charge in [0.1, 0.15) is 23.3 Å². The molecule has 2 heterocycles. The van der Waals surface area contributed by atoms with Crippen molar-refractivity contribution in [3.8, 4) is 5.82 Å². The Balaban J connectivity index is 1.49. The Kier molecular flexibility index (Phi) is 5.58. The molecular weight excluding hydrogens is 333 g/mol. The predicted molar refractivity (Wildman–Crippen MR) is 97.7 cm³/mol. The van der Waals surface area contributed by atoms with E-state index in [0.29, 0.717) is 30.3 Å². The van der Waals surface area contributed by atoms with E-state index in [2.05, 4.69) is 20.6 Å². The van der Waals surface area contributed by atoms with E-state index in [9.17, 15) is 9.18 Å². The molecule has 0 spiro atoms. The molecule has 0 radical (unpaired) electrons. The third-order valence-electron chi connectivity index (χ3n) is 3.76. The zero-order valence-electron chi connectivity index (χ0n) is 14.4. The third kappa shape index (κ3) is 4.66. The van der Waals surface area contributed by atoms with Crippen LogP contribution in [0.15, 0.2) is 54.9 Å². The fraction of sp³-hybridized carbons (Fsp3) is 0.211. The Morgan fingerprint density at radius 2 is 1.88 bits per heavy atom. The summed E-state index contributed by atoms with van der Waals surface area (Å²) < 4.78 is 15.4. The van der Waals surface area contributed by atoms with Gasteiger partial charge in [-0.05, 0) is 30.7 Å². The molecule has 134 valence electrons. The Morgan fingerprint density at radius 1 is 1.12 bits per heavy atom. The average molecular weight is 353 g/mol. The highest BCUT2D eigenvalue weighted by Gasteiger charge is 2.07. The lowest BCUT2D eigenvalue weighted by molar-refractivity contribution is -0.120. The van der Waals surface area contributed by atoms with Crippen molar-refractivity contribution in [3.63, 3.8) is 0 Å². The molecule has 0 saturated carbocycles. The summed E-state index contributed by atoms with van der Waals surface area (Å²) in [5.41, 5.74) is 0.390. The Bertz CT molecular complexity index is 879. The molecule has 1 aromatic carbocycles. The second-order valence-electron chi connectivity index (χ2n) is 5.79. The lowest BCUT2D eigenvalue weighted by Crippen LogP contribution is -2.30. The monoisotopic (exact) mass is 353 g/mol. The van der Waals surface area contributed by atoms with E-state index in [1.807, 2.05) is 42.1 Å². The average Bonchev–Trinajstić information content (AvgIpc) is 3.15. The van der Waals surface area contributed by atoms with Crippen molar-refractivity contribution in [2.24, 2.45) is 0 Å². The highest BCUT2D eigenvalue weighted by molar-refractivity contribution is 5.78. The number of nitrogens with one attached hydrogen (secondary N) is 2. The molecule has 6 nitrogen and oxygen atoms in total. The van der Waals surface area contributed by atoms with Crippen molar-refractivity contribution < 1.29 is 9.18 Å². The van der Waals surface area contributed by atoms with Crippen LogP contribution >= 0.6 is 0 Å². The van der Waals surface area contributed by atoms with Crippen LogP contribution in [0, 0.1) is 12.7 Å². The Labute approximate surface area is 151 Å². The van der Waals surface area contributed by atoms with Crippen molar-refractivity contribution >= 4 is 11.7 Å². The second-order valence-corrected chi connectivity index (χ2v) is 5.79. The van der Waals surface area contributed by atoms with Crippen LogP contribution in [0.4, 0.5) is 10.2 Å². The molecule has 0 atom stereocenters. The van der Waals surface area contributed by atoms with Crippen LogP contribution in [0.25, 0.3) is 5.82 Å². The van der Waals surface area contributed by atoms with Gasteiger partial charge in [0, 0.05) is 31.5 Å². The molecule has 0 aliphatic heterocycles. The van der Waals surface area contributed by atoms with Crippen molar-refractivity contribution in [1.82, 2.24) is 19.9 Å². The summed E-state index contributed by atoms with van der Waals surface area (Å²) in [6.45, 7) is 2.74. The number of nitrogens with zero attached hydrogens (tertiary/aromatic N) is 3. The number of carbonyl (C=O) groups is 1. The van der Waals surface area contributed by atoms with E-state index in [1.54, 1.807) is 18.2 Å². The van der Waals surface area contributed by atoms with Gasteiger partial charge in [0.25, 0.3) is 0 Å². The molecular formula is C19H20FN5O. The molecule has 2 aromatic heterocycles. The fourth-order valence-electron chi connectivity index (χ4n) is 2.53. The Hall–Kier alpha value is -3.22. The summed E-state index contributed by atoms with van der Waals surface area (Å²) in [6, 6.07) is 12.0. The van der Waals surface area contributed by atoms with E-state index < -0.39 is 0 Å². The van der Waals surface area contributed by atoms with Crippen molar-refractivity contribution in [3.05, 3.63) is 72.1 Å². The molecule has 26 heavy (non-hydrogen) atoms. The maximum Gasteiger partial charge on any atom is 0.224 e. The highest BCUT2D eigenvalue weighted by atomic mass is 19.1. The standard InChI is InChI=1S/C19H20FN5O/c1-14-23-17(13-18(24-14)25-10-4-5-11-25)21-8-9-22-19(26)12-15-6-2-3-7-16(15)20/h2-7,10-11,13H,8-9,12H2,1H3,(H,22,26)(H,21,23,24). The summed E-state index contributed by atoms with van der Waals surface area (Å²) in [5, 5.41) is 5.93. The van der Waals surface area contributed by atoms with Crippen LogP contribution in [0.3, 0.4) is 0 Å². The minimum absolute atomic E-state index is 0.0249. The first kappa shape index (κ1) is 17.6. The van der Waals surface area contributed by atoms with Gasteiger partial charge in [-0.15, -0.1) is 0 Å². The number of carbonyl (C=O) groups excluding carboxylic acids is 1. The summed E-state index contributed by atoms with van der Waals surface area (Å²) in [5.74, 6) is 1.53. The molecule has 2 N–H and O–H groups in total. The SMILES string of the molecule is Cc1nc(NCCNC(=O)Cc2ccccc2F)cc(-n2cccc2)n1. The molecule has 7 heteroatoms. The quantitative estimate of drug-likeness (QED) is 0.640. The third-order valence-corrected chi connectivity index (χ3v) is 3.76. The summed E-state index contributed by atoms with van der Waals surface area (Å²) in [4.78, 5) is 20.6. The minimum atomic E-state index is -0.366. The zero-order chi connectivity index (χ0) is 18.4. The number of aromatic nitrogens is 3. The van der Waals surface area contributed by atoms with Crippen LogP contribution in [0.5, 0.6) is 0 Å². The second kappa shape index (κ2) is 8.24. The molecule has 0 unspecified atom stereocenters. The lowest BCUT2D eigenvalue weighted by Gasteiger charge is -2.10. The molecule has 3 aromatic rings. The van der Waals surface area contributed by atoms with E-state index in [0.717, 1.165) is 5.82 Å². The normalized spacial score (nSPS) is 10.5. The van der Waals surface area contributed by atoms with Gasteiger partial charge < -0.3 is 15.2 Å². The van der Waals surface area contributed by atoms with Gasteiger partial charge in [-0.2, -0.15) is 0 Å². The molecule has 0 aliphatic carbocycles. The molecule has 0 saturated heterocycles. The number of hydrogen-bond donors (Lipinski definition) is 2. The molecule has 0 aliphatic rings. The van der Waals surface area contributed by atoms with Crippen molar-refractivity contribution in [1.29, 1.82) is 0 Å². The molecule has 0 fully saturated rings. The number of amides is 1. The number of rotatable bonds is 7. The maximum atomic E-state index is 13.5. The van der Waals surface area contributed by atoms with Gasteiger partial charge in [0.15, 0.2) is 0 Å². The van der Waals surface area contributed by atoms with Gasteiger partial charge in [0.2, 0.25) is 5.91 Å². The topological polar surface area (TPSA) is 71.8 Å². The first-order valence-electron chi connectivity index (χ1n) is 8.35. The minimum Gasteiger partial charge on any atom is -0.368 e. The van der Waals surface area contributed by atoms with Gasteiger partial charge in [0.05, 0.1) is 6.42 Å². The predicted octanol–water partition coefficient (Wildman–Crippen LogP) is 2.49. The summed E-state index contributed by atoms with van der Waals surface area (Å²) in [6.07, 6.45) is 3.85. The van der Waals surface area contributed by atoms with E-state index >= 15 is 0 Å². The smallest absolute Gasteiger partial charge is 0.224 e. The van der Waals surface area contributed by atoms with Gasteiger partial charge >= 0.3 is 0 Å². The van der Waals surface area contributed by atoms with Crippen LogP contribution in [0.1, 0.15) is 11.4 Å². The number of hydrogen-bond acceptors (Lipinski definition) is 4. The largest absolute Gasteiger partial charge is 0.368 e. The maximum absolute atomic E-state index is 13.5.